The van der Waals surface area contributed by atoms with Crippen molar-refractivity contribution in [3.8, 4) is 0 Å². The fraction of sp³-hybridized carbons (Fsp3) is 0. The molecule has 0 atom stereocenters. The molecule has 0 aliphatic rings. The standard InChI is InChI=1S/BO3.3H2O/c2-1(3)4;;;/h;3*1H2/q-3;;;/p+3. The van der Waals surface area contributed by atoms with E-state index in [1.54, 1.807) is 0 Å². The largest absolute Gasteiger partial charge is 0.907 e. The van der Waals surface area contributed by atoms with Crippen LogP contribution >= 0.6 is 0 Å². The summed E-state index contributed by atoms with van der Waals surface area (Å²) in [7, 11) is -2.92. The van der Waals surface area contributed by atoms with Gasteiger partial charge in [0, 0.05) is 0 Å². The second-order valence-corrected chi connectivity index (χ2v) is 0.289. The van der Waals surface area contributed by atoms with Gasteiger partial charge in [0.05, 0.1) is 0 Å². The minimum Gasteiger partial charge on any atom is -0.907 e. The van der Waals surface area contributed by atoms with E-state index in [4.69, 9.17) is 15.1 Å². The molecule has 0 saturated carbocycles. The van der Waals surface area contributed by atoms with Crippen molar-refractivity contribution in [3.05, 3.63) is 0 Å². The lowest BCUT2D eigenvalue weighted by molar-refractivity contribution is -0.479. The van der Waals surface area contributed by atoms with E-state index in [9.17, 15) is 0 Å². The molecule has 48 valence electrons. The molecule has 0 heterocycles. The van der Waals surface area contributed by atoms with E-state index in [1.165, 1.54) is 0 Å². The maximum absolute atomic E-state index is 8.42. The molecule has 7 heavy (non-hydrogen) atoms. The molecule has 0 aliphatic carbocycles. The molecule has 7 heteroatoms. The number of rotatable bonds is 0. The van der Waals surface area contributed by atoms with E-state index >= 15 is 0 Å². The third-order valence-electron chi connectivity index (χ3n) is 0. The highest BCUT2D eigenvalue weighted by molar-refractivity contribution is 6.24. The van der Waals surface area contributed by atoms with Crippen LogP contribution in [0.15, 0.2) is 0 Å². The van der Waals surface area contributed by atoms with Gasteiger partial charge in [-0.15, -0.1) is 0 Å². The third-order valence-corrected chi connectivity index (χ3v) is 0. The first-order valence-corrected chi connectivity index (χ1v) is 0.707. The molecule has 0 aromatic rings. The first-order chi connectivity index (χ1) is 1.73. The van der Waals surface area contributed by atoms with Crippen molar-refractivity contribution < 1.29 is 31.5 Å². The highest BCUT2D eigenvalue weighted by Crippen LogP contribution is 0.994. The third kappa shape index (κ3) is 2780. The van der Waals surface area contributed by atoms with Gasteiger partial charge in [0.25, 0.3) is 0 Å². The van der Waals surface area contributed by atoms with Gasteiger partial charge >= 0.3 is 0 Å². The van der Waals surface area contributed by atoms with Crippen LogP contribution in [0.3, 0.4) is 0 Å². The van der Waals surface area contributed by atoms with E-state index < -0.39 is 7.32 Å². The maximum atomic E-state index is 8.42. The van der Waals surface area contributed by atoms with Gasteiger partial charge in [-0.2, -0.15) is 0 Å². The van der Waals surface area contributed by atoms with Gasteiger partial charge in [0.2, 0.25) is 0 Å². The van der Waals surface area contributed by atoms with E-state index in [0.717, 1.165) is 0 Å². The molecule has 9 N–H and O–H groups in total. The first kappa shape index (κ1) is 29.0. The average Bonchev–Trinajstić information content (AvgIpc) is 0.811. The van der Waals surface area contributed by atoms with Gasteiger partial charge in [-0.3, -0.25) is 7.32 Å². The van der Waals surface area contributed by atoms with Gasteiger partial charge in [0.15, 0.2) is 0 Å². The van der Waals surface area contributed by atoms with Crippen LogP contribution in [0.25, 0.3) is 0 Å². The molecule has 6 nitrogen and oxygen atoms in total. The smallest absolute Gasteiger partial charge is 0.278 e. The molecule has 0 unspecified atom stereocenters. The molecule has 0 aromatic carbocycles. The monoisotopic (exact) mass is 116 g/mol. The molecule has 0 amide bonds. The van der Waals surface area contributed by atoms with Crippen LogP contribution in [0.4, 0.5) is 0 Å². The summed E-state index contributed by atoms with van der Waals surface area (Å²) in [6.45, 7) is 0. The molecule has 0 radical (unpaired) electrons. The summed E-state index contributed by atoms with van der Waals surface area (Å²) in [5.41, 5.74) is 0. The molecule has 0 fully saturated rings. The Kier molecular flexibility index (Phi) is 70.4. The van der Waals surface area contributed by atoms with Crippen molar-refractivity contribution in [3.63, 3.8) is 0 Å². The summed E-state index contributed by atoms with van der Waals surface area (Å²) in [4.78, 5) is 0. The van der Waals surface area contributed by atoms with Crippen LogP contribution in [0.2, 0.25) is 0 Å². The zero-order chi connectivity index (χ0) is 3.58. The molecule has 0 aromatic heterocycles. The van der Waals surface area contributed by atoms with E-state index in [1.807, 2.05) is 0 Å². The Morgan fingerprint density at radius 1 is 0.714 bits per heavy atom. The fourth-order valence-corrected chi connectivity index (χ4v) is 0. The number of hydrogen-bond donors (Lipinski definition) is 0. The molecule has 0 spiro atoms. The predicted octanol–water partition coefficient (Wildman–Crippen LogP) is -6.71. The van der Waals surface area contributed by atoms with Gasteiger partial charge in [-0.25, -0.2) is 0 Å². The second-order valence-electron chi connectivity index (χ2n) is 0.289. The van der Waals surface area contributed by atoms with E-state index in [2.05, 4.69) is 0 Å². The van der Waals surface area contributed by atoms with Crippen molar-refractivity contribution in [1.29, 1.82) is 0 Å². The molecule has 0 aliphatic heterocycles. The lowest BCUT2D eigenvalue weighted by Crippen LogP contribution is -2.56. The van der Waals surface area contributed by atoms with Crippen LogP contribution in [0.1, 0.15) is 0 Å². The number of hydrogen-bond acceptors (Lipinski definition) is 3. The van der Waals surface area contributed by atoms with E-state index in [0.29, 0.717) is 0 Å². The Morgan fingerprint density at radius 3 is 0.714 bits per heavy atom. The van der Waals surface area contributed by atoms with Crippen LogP contribution in [0.5, 0.6) is 0 Å². The fourth-order valence-electron chi connectivity index (χ4n) is 0. The van der Waals surface area contributed by atoms with Crippen molar-refractivity contribution in [2.24, 2.45) is 0 Å². The minimum atomic E-state index is -2.92. The summed E-state index contributed by atoms with van der Waals surface area (Å²) >= 11 is 0. The van der Waals surface area contributed by atoms with Crippen molar-refractivity contribution in [1.82, 2.24) is 0 Å². The van der Waals surface area contributed by atoms with Crippen LogP contribution in [-0.2, 0) is 16.4 Å². The second kappa shape index (κ2) is 17.0. The maximum Gasteiger partial charge on any atom is -0.278 e. The average molecular weight is 116 g/mol. The Morgan fingerprint density at radius 2 is 0.714 bits per heavy atom. The molecule has 0 bridgehead atoms. The summed E-state index contributed by atoms with van der Waals surface area (Å²) in [5, 5.41) is 25.2. The lowest BCUT2D eigenvalue weighted by atomic mass is 10.3. The zero-order valence-electron chi connectivity index (χ0n) is 3.53. The lowest BCUT2D eigenvalue weighted by Gasteiger charge is -2.35. The van der Waals surface area contributed by atoms with Crippen molar-refractivity contribution >= 4 is 7.32 Å². The highest BCUT2D eigenvalue weighted by Gasteiger charge is 1.17. The molecule has 0 rings (SSSR count). The van der Waals surface area contributed by atoms with Crippen molar-refractivity contribution in [2.75, 3.05) is 0 Å². The quantitative estimate of drug-likeness (QED) is 0.226. The Hall–Kier alpha value is -0.175. The Labute approximate surface area is 40.1 Å². The summed E-state index contributed by atoms with van der Waals surface area (Å²) in [6, 6.07) is 0. The first-order valence-electron chi connectivity index (χ1n) is 0.707. The molecule has 0 saturated heterocycles. The van der Waals surface area contributed by atoms with Crippen LogP contribution < -0.4 is 15.1 Å². The molecular formula is H9BO6. The van der Waals surface area contributed by atoms with Crippen LogP contribution in [0, 0.1) is 0 Å². The zero-order valence-corrected chi connectivity index (χ0v) is 3.53. The Bertz CT molecular complexity index is 8.90. The van der Waals surface area contributed by atoms with Crippen molar-refractivity contribution in [2.45, 2.75) is 0 Å². The minimum absolute atomic E-state index is 0. The predicted molar refractivity (Wildman–Crippen MR) is 20.4 cm³/mol. The SMILES string of the molecule is [O-]B([O-])[O-].[OH3+].[OH3+].[OH3+]. The van der Waals surface area contributed by atoms with Gasteiger partial charge < -0.3 is 31.5 Å². The topological polar surface area (TPSA) is 168 Å². The van der Waals surface area contributed by atoms with E-state index in [-0.39, 0.29) is 16.4 Å². The van der Waals surface area contributed by atoms with Crippen LogP contribution in [-0.4, -0.2) is 7.32 Å². The molecular weight excluding hydrogens is 107 g/mol. The van der Waals surface area contributed by atoms with Gasteiger partial charge in [0.1, 0.15) is 0 Å². The summed E-state index contributed by atoms with van der Waals surface area (Å²) < 4.78 is 0. The highest BCUT2D eigenvalue weighted by atomic mass is 16.5. The van der Waals surface area contributed by atoms with Gasteiger partial charge in [-0.05, 0) is 0 Å². The summed E-state index contributed by atoms with van der Waals surface area (Å²) in [6.07, 6.45) is 0. The Balaban J connectivity index is -0.0000000150. The normalized spacial score (nSPS) is 3.86. The van der Waals surface area contributed by atoms with Gasteiger partial charge in [-0.1, -0.05) is 0 Å². The summed E-state index contributed by atoms with van der Waals surface area (Å²) in [5.74, 6) is 0.